The van der Waals surface area contributed by atoms with Gasteiger partial charge in [0.2, 0.25) is 6.41 Å². The van der Waals surface area contributed by atoms with E-state index in [-0.39, 0.29) is 12.1 Å². The second-order valence-corrected chi connectivity index (χ2v) is 9.97. The molecule has 1 N–H and O–H groups in total. The first kappa shape index (κ1) is 23.6. The molecule has 3 aromatic rings. The standard InChI is InChI=1S/C27H33N3O2S/c1-20(30(19-31)21(2)23-6-4-3-5-7-23)16-22-8-12-25(13-9-22)29-33-26-14-10-24(11-15-26)27-17-32-18-28-27/h3-7,10-11,14-15,17-22,25,29H,8-9,12-13,16H2,1-2H3/t20?,21-,22?,25?/m1/s1. The van der Waals surface area contributed by atoms with Crippen molar-refractivity contribution in [2.75, 3.05) is 0 Å². The van der Waals surface area contributed by atoms with Gasteiger partial charge in [0.15, 0.2) is 6.39 Å². The minimum Gasteiger partial charge on any atom is -0.451 e. The summed E-state index contributed by atoms with van der Waals surface area (Å²) in [7, 11) is 0. The fraction of sp³-hybridized carbons (Fsp3) is 0.407. The van der Waals surface area contributed by atoms with Crippen LogP contribution in [0.4, 0.5) is 0 Å². The number of carbonyl (C=O) groups excluding carboxylic acids is 1. The van der Waals surface area contributed by atoms with Crippen molar-refractivity contribution in [3.05, 3.63) is 72.8 Å². The van der Waals surface area contributed by atoms with Crippen LogP contribution in [0.5, 0.6) is 0 Å². The van der Waals surface area contributed by atoms with Crippen LogP contribution in [0, 0.1) is 5.92 Å². The fourth-order valence-corrected chi connectivity index (χ4v) is 5.61. The van der Waals surface area contributed by atoms with Crippen LogP contribution in [0.25, 0.3) is 11.3 Å². The Bertz CT molecular complexity index is 970. The summed E-state index contributed by atoms with van der Waals surface area (Å²) in [5.41, 5.74) is 3.11. The highest BCUT2D eigenvalue weighted by Crippen LogP contribution is 2.32. The molecule has 0 aliphatic heterocycles. The zero-order valence-corrected chi connectivity index (χ0v) is 20.2. The number of benzene rings is 2. The van der Waals surface area contributed by atoms with E-state index in [0.29, 0.717) is 12.0 Å². The summed E-state index contributed by atoms with van der Waals surface area (Å²) in [4.78, 5) is 19.2. The van der Waals surface area contributed by atoms with Crippen LogP contribution >= 0.6 is 11.9 Å². The lowest BCUT2D eigenvalue weighted by Gasteiger charge is -2.36. The number of oxazole rings is 1. The van der Waals surface area contributed by atoms with Crippen molar-refractivity contribution in [1.29, 1.82) is 0 Å². The number of nitrogens with one attached hydrogen (secondary N) is 1. The average Bonchev–Trinajstić information content (AvgIpc) is 3.40. The second kappa shape index (κ2) is 11.5. The monoisotopic (exact) mass is 463 g/mol. The number of rotatable bonds is 10. The highest BCUT2D eigenvalue weighted by Gasteiger charge is 2.26. The summed E-state index contributed by atoms with van der Waals surface area (Å²) in [6.07, 6.45) is 9.99. The maximum absolute atomic E-state index is 11.9. The first-order valence-corrected chi connectivity index (χ1v) is 12.6. The molecule has 1 aromatic heterocycles. The molecule has 0 saturated heterocycles. The second-order valence-electron chi connectivity index (χ2n) is 9.06. The maximum atomic E-state index is 11.9. The number of carbonyl (C=O) groups is 1. The van der Waals surface area contributed by atoms with Gasteiger partial charge in [-0.25, -0.2) is 4.98 Å². The van der Waals surface area contributed by atoms with Gasteiger partial charge in [-0.05, 0) is 81.5 Å². The van der Waals surface area contributed by atoms with Gasteiger partial charge in [0.05, 0.1) is 6.04 Å². The fourth-order valence-electron chi connectivity index (χ4n) is 4.80. The van der Waals surface area contributed by atoms with Crippen LogP contribution in [-0.4, -0.2) is 28.4 Å². The SMILES string of the molecule is CC(CC1CCC(NSc2ccc(-c3cocn3)cc2)CC1)N(C=O)[C@H](C)c1ccccc1. The predicted octanol–water partition coefficient (Wildman–Crippen LogP) is 6.50. The molecule has 0 bridgehead atoms. The van der Waals surface area contributed by atoms with Crippen molar-refractivity contribution >= 4 is 18.4 Å². The molecule has 1 aliphatic rings. The minimum atomic E-state index is 0.101. The normalized spacial score (nSPS) is 20.2. The van der Waals surface area contributed by atoms with Gasteiger partial charge in [-0.15, -0.1) is 0 Å². The highest BCUT2D eigenvalue weighted by atomic mass is 32.2. The number of aromatic nitrogens is 1. The number of hydrogen-bond acceptors (Lipinski definition) is 5. The van der Waals surface area contributed by atoms with Gasteiger partial charge in [-0.1, -0.05) is 42.5 Å². The van der Waals surface area contributed by atoms with Gasteiger partial charge in [0, 0.05) is 22.5 Å². The summed E-state index contributed by atoms with van der Waals surface area (Å²) in [5.74, 6) is 0.676. The van der Waals surface area contributed by atoms with Crippen LogP contribution in [0.3, 0.4) is 0 Å². The Balaban J connectivity index is 1.21. The van der Waals surface area contributed by atoms with E-state index in [2.05, 4.69) is 60.0 Å². The quantitative estimate of drug-likeness (QED) is 0.275. The average molecular weight is 464 g/mol. The van der Waals surface area contributed by atoms with E-state index in [4.69, 9.17) is 4.42 Å². The Morgan fingerprint density at radius 2 is 1.82 bits per heavy atom. The van der Waals surface area contributed by atoms with E-state index in [1.807, 2.05) is 23.1 Å². The summed E-state index contributed by atoms with van der Waals surface area (Å²) < 4.78 is 8.72. The topological polar surface area (TPSA) is 58.4 Å². The Kier molecular flexibility index (Phi) is 8.24. The van der Waals surface area contributed by atoms with E-state index in [0.717, 1.165) is 24.1 Å². The number of hydrogen-bond donors (Lipinski definition) is 1. The largest absolute Gasteiger partial charge is 0.451 e. The van der Waals surface area contributed by atoms with E-state index in [1.165, 1.54) is 42.5 Å². The molecule has 33 heavy (non-hydrogen) atoms. The lowest BCUT2D eigenvalue weighted by atomic mass is 9.82. The van der Waals surface area contributed by atoms with E-state index in [1.54, 1.807) is 18.2 Å². The molecule has 0 spiro atoms. The van der Waals surface area contributed by atoms with Gasteiger partial charge in [-0.3, -0.25) is 9.52 Å². The van der Waals surface area contributed by atoms with Crippen molar-refractivity contribution in [3.8, 4) is 11.3 Å². The zero-order chi connectivity index (χ0) is 23.0. The van der Waals surface area contributed by atoms with Gasteiger partial charge in [-0.2, -0.15) is 0 Å². The van der Waals surface area contributed by atoms with Crippen molar-refractivity contribution in [2.45, 2.75) is 69.0 Å². The van der Waals surface area contributed by atoms with E-state index in [9.17, 15) is 4.79 Å². The zero-order valence-electron chi connectivity index (χ0n) is 19.4. The summed E-state index contributed by atoms with van der Waals surface area (Å²) in [5, 5.41) is 0. The Labute approximate surface area is 201 Å². The predicted molar refractivity (Wildman–Crippen MR) is 134 cm³/mol. The minimum absolute atomic E-state index is 0.101. The Morgan fingerprint density at radius 1 is 1.09 bits per heavy atom. The smallest absolute Gasteiger partial charge is 0.210 e. The maximum Gasteiger partial charge on any atom is 0.210 e. The summed E-state index contributed by atoms with van der Waals surface area (Å²) in [6.45, 7) is 4.31. The van der Waals surface area contributed by atoms with Crippen molar-refractivity contribution in [1.82, 2.24) is 14.6 Å². The third-order valence-electron chi connectivity index (χ3n) is 6.81. The lowest BCUT2D eigenvalue weighted by Crippen LogP contribution is -2.37. The Morgan fingerprint density at radius 3 is 2.45 bits per heavy atom. The molecular formula is C27H33N3O2S. The van der Waals surface area contributed by atoms with Crippen LogP contribution in [0.15, 0.2) is 76.6 Å². The molecule has 1 saturated carbocycles. The molecule has 1 amide bonds. The van der Waals surface area contributed by atoms with Gasteiger partial charge in [0.1, 0.15) is 12.0 Å². The van der Waals surface area contributed by atoms with Crippen LogP contribution in [0.2, 0.25) is 0 Å². The van der Waals surface area contributed by atoms with Gasteiger partial charge < -0.3 is 9.32 Å². The molecule has 0 radical (unpaired) electrons. The molecule has 2 atom stereocenters. The molecule has 2 aromatic carbocycles. The van der Waals surface area contributed by atoms with Crippen molar-refractivity contribution in [3.63, 3.8) is 0 Å². The lowest BCUT2D eigenvalue weighted by molar-refractivity contribution is -0.122. The third kappa shape index (κ3) is 6.27. The van der Waals surface area contributed by atoms with Crippen LogP contribution < -0.4 is 4.72 Å². The van der Waals surface area contributed by atoms with Crippen LogP contribution in [-0.2, 0) is 4.79 Å². The molecular weight excluding hydrogens is 430 g/mol. The van der Waals surface area contributed by atoms with E-state index >= 15 is 0 Å². The highest BCUT2D eigenvalue weighted by molar-refractivity contribution is 7.97. The van der Waals surface area contributed by atoms with Gasteiger partial charge >= 0.3 is 0 Å². The van der Waals surface area contributed by atoms with Gasteiger partial charge in [0.25, 0.3) is 0 Å². The molecule has 1 heterocycles. The first-order valence-electron chi connectivity index (χ1n) is 11.8. The molecule has 1 aliphatic carbocycles. The first-order chi connectivity index (χ1) is 16.1. The Hall–Kier alpha value is -2.57. The molecule has 1 unspecified atom stereocenters. The third-order valence-corrected chi connectivity index (χ3v) is 7.77. The molecule has 1 fully saturated rings. The summed E-state index contributed by atoms with van der Waals surface area (Å²) in [6, 6.07) is 19.6. The molecule has 174 valence electrons. The summed E-state index contributed by atoms with van der Waals surface area (Å²) >= 11 is 1.71. The number of amides is 1. The molecule has 5 nitrogen and oxygen atoms in total. The van der Waals surface area contributed by atoms with Crippen molar-refractivity contribution < 1.29 is 9.21 Å². The molecule has 6 heteroatoms. The van der Waals surface area contributed by atoms with Crippen molar-refractivity contribution in [2.24, 2.45) is 5.92 Å². The van der Waals surface area contributed by atoms with Crippen LogP contribution in [0.1, 0.15) is 57.6 Å². The number of nitrogens with zero attached hydrogens (tertiary/aromatic N) is 2. The molecule has 4 rings (SSSR count). The van der Waals surface area contributed by atoms with E-state index < -0.39 is 0 Å².